The molecule has 7 atom stereocenters. The normalized spacial score (nSPS) is 25.9. The van der Waals surface area contributed by atoms with Crippen LogP contribution in [0.25, 0.3) is 0 Å². The van der Waals surface area contributed by atoms with Crippen LogP contribution < -0.4 is 21.3 Å². The van der Waals surface area contributed by atoms with Crippen LogP contribution in [0, 0.1) is 16.7 Å². The van der Waals surface area contributed by atoms with Gasteiger partial charge in [-0.3, -0.25) is 33.6 Å². The third-order valence-corrected chi connectivity index (χ3v) is 14.8. The van der Waals surface area contributed by atoms with E-state index in [1.165, 1.54) is 26.2 Å². The molecule has 22 heteroatoms. The number of carbonyl (C=O) groups is 7. The number of halogens is 6. The molecular formula is C48H69Cl2F4N7O9. The van der Waals surface area contributed by atoms with Crippen molar-refractivity contribution >= 4 is 64.6 Å². The lowest BCUT2D eigenvalue weighted by Crippen LogP contribution is -2.66. The maximum Gasteiger partial charge on any atom is 0.403 e. The standard InChI is InChI=1S/C48H69Cl2F4N7O9/c1-7-18-60-37(22-29-21-30(49)12-13-32(29)50)41(64)58-35(25-70-6)39(62)55-17-9-8-11-36(40(63)57-34(44(60)67)20-28(2)3)59(4)43(66)33(14-19-69-5)56-42(65)38-23-31(51)24-61(38)45(68)47(48(52,53)54)26-46(27-47)15-10-16-46/h12-13,21,28,31,33-38H,7-11,14-20,22-27H2,1-6H3,(H,55,62)(H,56,65)(H,57,63)(H,58,64)/t31-,33+,34+,35-,36+,37+,38+/m1/s1. The molecule has 2 aliphatic carbocycles. The molecule has 2 aliphatic heterocycles. The van der Waals surface area contributed by atoms with Crippen molar-refractivity contribution < 1.29 is 60.6 Å². The second kappa shape index (κ2) is 24.4. The number of nitrogens with one attached hydrogen (secondary N) is 4. The summed E-state index contributed by atoms with van der Waals surface area (Å²) in [5.74, 6) is -6.02. The van der Waals surface area contributed by atoms with Crippen molar-refractivity contribution in [2.24, 2.45) is 16.7 Å². The van der Waals surface area contributed by atoms with Crippen LogP contribution in [0.1, 0.15) is 103 Å². The number of likely N-dealkylation sites (N-methyl/N-ethyl adjacent to an activating group) is 1. The Morgan fingerprint density at radius 2 is 1.66 bits per heavy atom. The molecule has 70 heavy (non-hydrogen) atoms. The number of ether oxygens (including phenoxy) is 2. The van der Waals surface area contributed by atoms with Crippen LogP contribution in [0.5, 0.6) is 0 Å². The third kappa shape index (κ3) is 13.2. The van der Waals surface area contributed by atoms with Gasteiger partial charge in [-0.1, -0.05) is 50.4 Å². The van der Waals surface area contributed by atoms with E-state index in [2.05, 4.69) is 21.3 Å². The highest BCUT2D eigenvalue weighted by molar-refractivity contribution is 6.33. The van der Waals surface area contributed by atoms with Gasteiger partial charge in [-0.15, -0.1) is 0 Å². The van der Waals surface area contributed by atoms with E-state index in [-0.39, 0.29) is 69.3 Å². The topological polar surface area (TPSA) is 196 Å². The average Bonchev–Trinajstić information content (AvgIpc) is 3.67. The van der Waals surface area contributed by atoms with Crippen LogP contribution >= 0.6 is 23.2 Å². The highest BCUT2D eigenvalue weighted by Crippen LogP contribution is 2.69. The zero-order valence-corrected chi connectivity index (χ0v) is 42.4. The van der Waals surface area contributed by atoms with Crippen LogP contribution in [-0.4, -0.2) is 159 Å². The molecule has 0 unspecified atom stereocenters. The highest BCUT2D eigenvalue weighted by Gasteiger charge is 2.73. The molecule has 1 aromatic carbocycles. The molecule has 1 aromatic rings. The number of rotatable bonds is 16. The summed E-state index contributed by atoms with van der Waals surface area (Å²) in [5, 5.41) is 11.6. The van der Waals surface area contributed by atoms with Crippen molar-refractivity contribution in [2.45, 2.75) is 153 Å². The molecule has 2 saturated carbocycles. The lowest BCUT2D eigenvalue weighted by atomic mass is 9.44. The number of methoxy groups -OCH3 is 2. The fraction of sp³-hybridized carbons (Fsp3) is 0.729. The maximum atomic E-state index is 15.1. The summed E-state index contributed by atoms with van der Waals surface area (Å²) in [5.41, 5.74) is -2.90. The van der Waals surface area contributed by atoms with Gasteiger partial charge >= 0.3 is 6.18 Å². The quantitative estimate of drug-likeness (QED) is 0.167. The van der Waals surface area contributed by atoms with Gasteiger partial charge in [0.1, 0.15) is 47.8 Å². The number of hydrogen-bond acceptors (Lipinski definition) is 9. The van der Waals surface area contributed by atoms with Gasteiger partial charge in [0.25, 0.3) is 0 Å². The summed E-state index contributed by atoms with van der Waals surface area (Å²) in [6.07, 6.45) is -5.59. The largest absolute Gasteiger partial charge is 0.403 e. The van der Waals surface area contributed by atoms with E-state index >= 15 is 4.39 Å². The predicted octanol–water partition coefficient (Wildman–Crippen LogP) is 4.91. The second-order valence-corrected chi connectivity index (χ2v) is 20.7. The summed E-state index contributed by atoms with van der Waals surface area (Å²) in [4.78, 5) is 103. The van der Waals surface area contributed by atoms with Gasteiger partial charge in [-0.25, -0.2) is 4.39 Å². The Labute approximate surface area is 417 Å². The summed E-state index contributed by atoms with van der Waals surface area (Å²) in [7, 11) is 4.04. The van der Waals surface area contributed by atoms with Gasteiger partial charge in [-0.05, 0) is 99.3 Å². The molecule has 2 saturated heterocycles. The molecule has 4 fully saturated rings. The number of amides is 7. The van der Waals surface area contributed by atoms with Crippen LogP contribution in [0.4, 0.5) is 17.6 Å². The number of hydrogen-bond donors (Lipinski definition) is 4. The number of alkyl halides is 4. The lowest BCUT2D eigenvalue weighted by molar-refractivity contribution is -0.285. The van der Waals surface area contributed by atoms with Crippen molar-refractivity contribution in [3.05, 3.63) is 33.8 Å². The molecule has 2 heterocycles. The minimum atomic E-state index is -4.93. The maximum absolute atomic E-state index is 15.1. The Morgan fingerprint density at radius 3 is 2.26 bits per heavy atom. The minimum absolute atomic E-state index is 0.000268. The smallest absolute Gasteiger partial charge is 0.385 e. The molecule has 0 bridgehead atoms. The first kappa shape index (κ1) is 56.6. The van der Waals surface area contributed by atoms with E-state index < -0.39 is 127 Å². The zero-order chi connectivity index (χ0) is 51.7. The van der Waals surface area contributed by atoms with Gasteiger partial charge in [0.05, 0.1) is 13.2 Å². The van der Waals surface area contributed by atoms with Crippen LogP contribution in [0.3, 0.4) is 0 Å². The van der Waals surface area contributed by atoms with E-state index in [1.807, 2.05) is 13.8 Å². The molecule has 4 N–H and O–H groups in total. The van der Waals surface area contributed by atoms with E-state index in [1.54, 1.807) is 25.1 Å². The molecule has 16 nitrogen and oxygen atoms in total. The van der Waals surface area contributed by atoms with Crippen molar-refractivity contribution in [1.82, 2.24) is 36.0 Å². The fourth-order valence-electron chi connectivity index (χ4n) is 10.4. The van der Waals surface area contributed by atoms with E-state index in [9.17, 15) is 46.7 Å². The van der Waals surface area contributed by atoms with Gasteiger partial charge < -0.3 is 45.4 Å². The first-order valence-electron chi connectivity index (χ1n) is 24.2. The molecule has 0 radical (unpaired) electrons. The number of carbonyl (C=O) groups excluding carboxylic acids is 7. The monoisotopic (exact) mass is 1030 g/mol. The van der Waals surface area contributed by atoms with E-state index in [0.29, 0.717) is 41.2 Å². The summed E-state index contributed by atoms with van der Waals surface area (Å²) >= 11 is 12.9. The van der Waals surface area contributed by atoms with Crippen molar-refractivity contribution in [1.29, 1.82) is 0 Å². The Kier molecular flexibility index (Phi) is 19.8. The number of likely N-dealkylation sites (tertiary alicyclic amines) is 1. The van der Waals surface area contributed by atoms with Crippen LogP contribution in [0.15, 0.2) is 18.2 Å². The number of nitrogens with zero attached hydrogens (tertiary/aromatic N) is 3. The first-order chi connectivity index (χ1) is 33.0. The van der Waals surface area contributed by atoms with Gasteiger partial charge in [0.2, 0.25) is 41.4 Å². The molecule has 392 valence electrons. The summed E-state index contributed by atoms with van der Waals surface area (Å²) in [6, 6.07) is -3.38. The Hall–Kier alpha value is -4.27. The molecule has 4 aliphatic rings. The SMILES string of the molecule is CCCN1C(=O)[C@H](CC(C)C)NC(=O)[C@@H](N(C)C(=O)[C@H](CCOC)NC(=O)[C@@H]2C[C@@H](F)CN2C(=O)C2(C(F)(F)F)CC3(CCC3)C2)CCCCNC(=O)[C@@H](COC)NC(=O)[C@@H]1Cc1cc(Cl)ccc1Cl. The molecule has 0 aromatic heterocycles. The lowest BCUT2D eigenvalue weighted by Gasteiger charge is -2.60. The van der Waals surface area contributed by atoms with Crippen LogP contribution in [0.2, 0.25) is 10.0 Å². The van der Waals surface area contributed by atoms with Crippen molar-refractivity contribution in [3.63, 3.8) is 0 Å². The fourth-order valence-corrected chi connectivity index (χ4v) is 10.8. The van der Waals surface area contributed by atoms with Crippen LogP contribution in [-0.2, 0) is 49.5 Å². The highest BCUT2D eigenvalue weighted by atomic mass is 35.5. The third-order valence-electron chi connectivity index (χ3n) is 14.2. The van der Waals surface area contributed by atoms with Gasteiger partial charge in [0.15, 0.2) is 0 Å². The van der Waals surface area contributed by atoms with Crippen molar-refractivity contribution in [3.8, 4) is 0 Å². The van der Waals surface area contributed by atoms with Gasteiger partial charge in [-0.2, -0.15) is 13.2 Å². The summed E-state index contributed by atoms with van der Waals surface area (Å²) in [6.45, 7) is 4.58. The van der Waals surface area contributed by atoms with E-state index in [4.69, 9.17) is 32.7 Å². The first-order valence-corrected chi connectivity index (χ1v) is 25.0. The predicted molar refractivity (Wildman–Crippen MR) is 252 cm³/mol. The van der Waals surface area contributed by atoms with E-state index in [0.717, 1.165) is 11.3 Å². The number of benzene rings is 1. The Balaban J connectivity index is 1.45. The van der Waals surface area contributed by atoms with Crippen molar-refractivity contribution in [2.75, 3.05) is 54.1 Å². The minimum Gasteiger partial charge on any atom is -0.385 e. The zero-order valence-electron chi connectivity index (χ0n) is 40.9. The Morgan fingerprint density at radius 1 is 0.971 bits per heavy atom. The molecule has 7 amide bonds. The Bertz CT molecular complexity index is 2060. The molecular weight excluding hydrogens is 965 g/mol. The summed E-state index contributed by atoms with van der Waals surface area (Å²) < 4.78 is 69.8. The van der Waals surface area contributed by atoms with Gasteiger partial charge in [0, 0.05) is 63.9 Å². The molecule has 5 rings (SSSR count). The molecule has 1 spiro atoms. The average molecular weight is 1040 g/mol. The second-order valence-electron chi connectivity index (χ2n) is 19.9.